The summed E-state index contributed by atoms with van der Waals surface area (Å²) in [4.78, 5) is 24.4. The molecule has 0 aliphatic heterocycles. The molecule has 0 aliphatic carbocycles. The maximum absolute atomic E-state index is 12.3. The number of amides is 1. The maximum Gasteiger partial charge on any atom is 0.338 e. The molecule has 7 nitrogen and oxygen atoms in total. The van der Waals surface area contributed by atoms with E-state index in [-0.39, 0.29) is 5.56 Å². The van der Waals surface area contributed by atoms with E-state index in [9.17, 15) is 9.59 Å². The summed E-state index contributed by atoms with van der Waals surface area (Å²) in [5, 5.41) is 2.69. The van der Waals surface area contributed by atoms with E-state index >= 15 is 0 Å². The Hall–Kier alpha value is -3.22. The number of hydrogen-bond acceptors (Lipinski definition) is 6. The number of carbonyl (C=O) groups is 2. The van der Waals surface area contributed by atoms with E-state index in [2.05, 4.69) is 19.2 Å². The first-order chi connectivity index (χ1) is 13.4. The van der Waals surface area contributed by atoms with Gasteiger partial charge in [-0.05, 0) is 35.7 Å². The first kappa shape index (κ1) is 21.1. The number of benzene rings is 2. The van der Waals surface area contributed by atoms with Gasteiger partial charge in [-0.1, -0.05) is 26.0 Å². The fourth-order valence-electron chi connectivity index (χ4n) is 2.56. The molecule has 0 atom stereocenters. The topological polar surface area (TPSA) is 83.1 Å². The van der Waals surface area contributed by atoms with Crippen LogP contribution in [0.15, 0.2) is 36.4 Å². The number of rotatable bonds is 8. The van der Waals surface area contributed by atoms with Crippen molar-refractivity contribution in [3.63, 3.8) is 0 Å². The molecule has 0 saturated heterocycles. The van der Waals surface area contributed by atoms with E-state index in [0.29, 0.717) is 28.9 Å². The number of esters is 1. The summed E-state index contributed by atoms with van der Waals surface area (Å²) in [5.74, 6) is 0.308. The van der Waals surface area contributed by atoms with Crippen LogP contribution in [-0.4, -0.2) is 39.8 Å². The Labute approximate surface area is 164 Å². The van der Waals surface area contributed by atoms with Crippen molar-refractivity contribution in [1.29, 1.82) is 0 Å². The van der Waals surface area contributed by atoms with Gasteiger partial charge >= 0.3 is 5.97 Å². The van der Waals surface area contributed by atoms with E-state index in [1.165, 1.54) is 39.0 Å². The van der Waals surface area contributed by atoms with Crippen LogP contribution in [0.2, 0.25) is 0 Å². The van der Waals surface area contributed by atoms with Crippen molar-refractivity contribution in [2.75, 3.05) is 33.3 Å². The summed E-state index contributed by atoms with van der Waals surface area (Å²) in [7, 11) is 4.37. The lowest BCUT2D eigenvalue weighted by atomic mass is 10.0. The smallest absolute Gasteiger partial charge is 0.338 e. The number of ether oxygens (including phenoxy) is 4. The number of methoxy groups -OCH3 is 3. The van der Waals surface area contributed by atoms with Gasteiger partial charge in [-0.15, -0.1) is 0 Å². The van der Waals surface area contributed by atoms with Crippen LogP contribution in [0.25, 0.3) is 0 Å². The maximum atomic E-state index is 12.3. The van der Waals surface area contributed by atoms with Crippen LogP contribution in [0, 0.1) is 0 Å². The van der Waals surface area contributed by atoms with Gasteiger partial charge in [-0.2, -0.15) is 0 Å². The predicted molar refractivity (Wildman–Crippen MR) is 106 cm³/mol. The molecule has 1 amide bonds. The lowest BCUT2D eigenvalue weighted by Crippen LogP contribution is -2.21. The van der Waals surface area contributed by atoms with Gasteiger partial charge in [0, 0.05) is 5.69 Å². The molecule has 0 fully saturated rings. The van der Waals surface area contributed by atoms with Crippen molar-refractivity contribution in [2.24, 2.45) is 0 Å². The summed E-state index contributed by atoms with van der Waals surface area (Å²) in [5.41, 5.74) is 1.99. The molecule has 0 saturated carbocycles. The molecule has 0 spiro atoms. The second-order valence-electron chi connectivity index (χ2n) is 6.32. The van der Waals surface area contributed by atoms with Gasteiger partial charge in [0.1, 0.15) is 0 Å². The van der Waals surface area contributed by atoms with Crippen molar-refractivity contribution in [3.8, 4) is 17.2 Å². The number of hydrogen-bond donors (Lipinski definition) is 1. The van der Waals surface area contributed by atoms with Gasteiger partial charge in [-0.3, -0.25) is 4.79 Å². The third-order valence-electron chi connectivity index (χ3n) is 4.10. The van der Waals surface area contributed by atoms with Gasteiger partial charge < -0.3 is 24.3 Å². The highest BCUT2D eigenvalue weighted by Crippen LogP contribution is 2.38. The fraction of sp³-hybridized carbons (Fsp3) is 0.333. The molecule has 2 aromatic rings. The van der Waals surface area contributed by atoms with Crippen molar-refractivity contribution in [3.05, 3.63) is 47.5 Å². The summed E-state index contributed by atoms with van der Waals surface area (Å²) in [6.07, 6.45) is 0. The Bertz CT molecular complexity index is 804. The first-order valence-corrected chi connectivity index (χ1v) is 8.76. The van der Waals surface area contributed by atoms with Gasteiger partial charge in [-0.25, -0.2) is 4.79 Å². The molecular weight excluding hydrogens is 362 g/mol. The quantitative estimate of drug-likeness (QED) is 0.697. The van der Waals surface area contributed by atoms with E-state index in [4.69, 9.17) is 18.9 Å². The zero-order valence-electron chi connectivity index (χ0n) is 16.7. The minimum Gasteiger partial charge on any atom is -0.493 e. The molecule has 2 rings (SSSR count). The summed E-state index contributed by atoms with van der Waals surface area (Å²) in [6.45, 7) is 3.77. The Balaban J connectivity index is 2.00. The normalized spacial score (nSPS) is 10.4. The third-order valence-corrected chi connectivity index (χ3v) is 4.10. The molecular formula is C21H25NO6. The molecule has 0 bridgehead atoms. The molecule has 2 aromatic carbocycles. The predicted octanol–water partition coefficient (Wildman–Crippen LogP) is 3.63. The molecule has 28 heavy (non-hydrogen) atoms. The van der Waals surface area contributed by atoms with Crippen molar-refractivity contribution >= 4 is 17.6 Å². The van der Waals surface area contributed by atoms with E-state index in [1.807, 2.05) is 24.3 Å². The van der Waals surface area contributed by atoms with Gasteiger partial charge in [0.25, 0.3) is 5.91 Å². The van der Waals surface area contributed by atoms with Crippen LogP contribution in [0.3, 0.4) is 0 Å². The lowest BCUT2D eigenvalue weighted by molar-refractivity contribution is -0.119. The van der Waals surface area contributed by atoms with Crippen molar-refractivity contribution in [2.45, 2.75) is 19.8 Å². The summed E-state index contributed by atoms with van der Waals surface area (Å²) >= 11 is 0. The highest BCUT2D eigenvalue weighted by molar-refractivity contribution is 5.96. The molecule has 0 radical (unpaired) electrons. The van der Waals surface area contributed by atoms with Crippen LogP contribution in [0.1, 0.15) is 35.7 Å². The van der Waals surface area contributed by atoms with Crippen LogP contribution >= 0.6 is 0 Å². The van der Waals surface area contributed by atoms with Crippen LogP contribution < -0.4 is 19.5 Å². The fourth-order valence-corrected chi connectivity index (χ4v) is 2.56. The summed E-state index contributed by atoms with van der Waals surface area (Å²) in [6, 6.07) is 10.4. The van der Waals surface area contributed by atoms with Crippen LogP contribution in [-0.2, 0) is 9.53 Å². The Morgan fingerprint density at radius 2 is 1.50 bits per heavy atom. The first-order valence-electron chi connectivity index (χ1n) is 8.76. The van der Waals surface area contributed by atoms with Crippen LogP contribution in [0.5, 0.6) is 17.2 Å². The average molecular weight is 387 g/mol. The van der Waals surface area contributed by atoms with E-state index in [1.54, 1.807) is 0 Å². The third kappa shape index (κ3) is 5.16. The second kappa shape index (κ2) is 9.64. The van der Waals surface area contributed by atoms with Gasteiger partial charge in [0.15, 0.2) is 18.1 Å². The SMILES string of the molecule is COc1cc(C(=O)OCC(=O)Nc2ccc(C(C)C)cc2)cc(OC)c1OC. The molecule has 0 heterocycles. The van der Waals surface area contributed by atoms with Gasteiger partial charge in [0.05, 0.1) is 26.9 Å². The lowest BCUT2D eigenvalue weighted by Gasteiger charge is -2.14. The van der Waals surface area contributed by atoms with Crippen molar-refractivity contribution < 1.29 is 28.5 Å². The standard InChI is InChI=1S/C21H25NO6/c1-13(2)14-6-8-16(9-7-14)22-19(23)12-28-21(24)15-10-17(25-3)20(27-5)18(11-15)26-4/h6-11,13H,12H2,1-5H3,(H,22,23). The number of nitrogens with one attached hydrogen (secondary N) is 1. The Morgan fingerprint density at radius 3 is 1.96 bits per heavy atom. The van der Waals surface area contributed by atoms with Gasteiger partial charge in [0.2, 0.25) is 5.75 Å². The molecule has 1 N–H and O–H groups in total. The molecule has 7 heteroatoms. The molecule has 150 valence electrons. The Kier molecular flexibility index (Phi) is 7.26. The Morgan fingerprint density at radius 1 is 0.929 bits per heavy atom. The molecule has 0 aromatic heterocycles. The number of anilines is 1. The zero-order chi connectivity index (χ0) is 20.7. The van der Waals surface area contributed by atoms with Crippen LogP contribution in [0.4, 0.5) is 5.69 Å². The zero-order valence-corrected chi connectivity index (χ0v) is 16.7. The van der Waals surface area contributed by atoms with E-state index in [0.717, 1.165) is 0 Å². The highest BCUT2D eigenvalue weighted by Gasteiger charge is 2.18. The highest BCUT2D eigenvalue weighted by atomic mass is 16.5. The second-order valence-corrected chi connectivity index (χ2v) is 6.32. The summed E-state index contributed by atoms with van der Waals surface area (Å²) < 4.78 is 20.7. The minimum atomic E-state index is -0.676. The molecule has 0 aliphatic rings. The molecule has 0 unspecified atom stereocenters. The monoisotopic (exact) mass is 387 g/mol. The average Bonchev–Trinajstić information content (AvgIpc) is 2.71. The van der Waals surface area contributed by atoms with E-state index < -0.39 is 18.5 Å². The van der Waals surface area contributed by atoms with Crippen molar-refractivity contribution in [1.82, 2.24) is 0 Å². The largest absolute Gasteiger partial charge is 0.493 e. The minimum absolute atomic E-state index is 0.184. The number of carbonyl (C=O) groups excluding carboxylic acids is 2.